The van der Waals surface area contributed by atoms with Crippen molar-refractivity contribution in [2.75, 3.05) is 26.3 Å². The molecule has 4 amide bonds. The number of sulfonamides is 1. The molecule has 2 aromatic rings. The molecule has 2 heterocycles. The number of hydrogen-bond donors (Lipinski definition) is 4. The lowest BCUT2D eigenvalue weighted by atomic mass is 9.64. The van der Waals surface area contributed by atoms with E-state index in [9.17, 15) is 51.3 Å². The normalized spacial score (nSPS) is 17.7. The number of piperazine rings is 1. The Morgan fingerprint density at radius 2 is 1.88 bits per heavy atom. The summed E-state index contributed by atoms with van der Waals surface area (Å²) in [6.45, 7) is -1.80. The van der Waals surface area contributed by atoms with Crippen LogP contribution >= 0.6 is 0 Å². The number of nitrogens with two attached hydrogens (primary N) is 1. The predicted octanol–water partition coefficient (Wildman–Crippen LogP) is 0.00730. The molecule has 2 aliphatic heterocycles. The number of Topliss-reactive ketones (excluding diaryl/α,β-unsaturated/α-hetero) is 1. The number of hydrogen-bond acceptors (Lipinski definition) is 9. The zero-order valence-electron chi connectivity index (χ0n) is 22.2. The summed E-state index contributed by atoms with van der Waals surface area (Å²) in [6, 6.07) is 3.76. The number of amides is 4. The number of primary sulfonamides is 1. The summed E-state index contributed by atoms with van der Waals surface area (Å²) in [5, 5.41) is 27.3. The van der Waals surface area contributed by atoms with E-state index in [-0.39, 0.29) is 42.9 Å². The number of rotatable bonds is 9. The topological polar surface area (TPSA) is 214 Å². The summed E-state index contributed by atoms with van der Waals surface area (Å²) >= 11 is 0. The molecule has 4 rings (SSSR count). The Morgan fingerprint density at radius 3 is 2.51 bits per heavy atom. The molecule has 2 atom stereocenters. The van der Waals surface area contributed by atoms with E-state index in [1.165, 1.54) is 18.2 Å². The van der Waals surface area contributed by atoms with Crippen LogP contribution in [0.3, 0.4) is 0 Å². The van der Waals surface area contributed by atoms with E-state index in [1.54, 1.807) is 0 Å². The van der Waals surface area contributed by atoms with E-state index >= 15 is 0 Å². The molecule has 5 N–H and O–H groups in total. The van der Waals surface area contributed by atoms with Gasteiger partial charge in [-0.05, 0) is 35.7 Å². The van der Waals surface area contributed by atoms with Gasteiger partial charge in [0.1, 0.15) is 29.2 Å². The maximum Gasteiger partial charge on any atom is 0.526 e. The molecule has 0 aliphatic carbocycles. The minimum Gasteiger partial charge on any atom is -0.535 e. The summed E-state index contributed by atoms with van der Waals surface area (Å²) in [5.41, 5.74) is -0.0806. The number of halogens is 2. The number of ketones is 1. The van der Waals surface area contributed by atoms with Crippen molar-refractivity contribution in [3.05, 3.63) is 58.9 Å². The fourth-order valence-corrected chi connectivity index (χ4v) is 5.45. The van der Waals surface area contributed by atoms with Gasteiger partial charge >= 0.3 is 30.9 Å². The fourth-order valence-electron chi connectivity index (χ4n) is 4.86. The summed E-state index contributed by atoms with van der Waals surface area (Å²) in [6.07, 6.45) is -0.537. The fraction of sp³-hybridized carbons (Fsp3) is 0.320. The molecule has 0 bridgehead atoms. The van der Waals surface area contributed by atoms with E-state index in [0.717, 1.165) is 17.0 Å². The highest BCUT2D eigenvalue weighted by molar-refractivity contribution is 7.89. The third-order valence-electron chi connectivity index (χ3n) is 7.01. The van der Waals surface area contributed by atoms with Gasteiger partial charge in [0, 0.05) is 31.9 Å². The van der Waals surface area contributed by atoms with Gasteiger partial charge in [0.05, 0.1) is 5.56 Å². The summed E-state index contributed by atoms with van der Waals surface area (Å²) < 4.78 is 56.2. The quantitative estimate of drug-likeness (QED) is 0.217. The Balaban J connectivity index is 1.62. The first-order valence-electron chi connectivity index (χ1n) is 12.7. The molecule has 2 aromatic carbocycles. The number of aromatic carboxylic acids is 1. The second-order valence-electron chi connectivity index (χ2n) is 9.80. The monoisotopic (exact) mass is 622 g/mol. The van der Waals surface area contributed by atoms with Crippen molar-refractivity contribution in [2.24, 2.45) is 5.14 Å². The molecule has 0 saturated carbocycles. The Kier molecular flexibility index (Phi) is 9.12. The smallest absolute Gasteiger partial charge is 0.526 e. The van der Waals surface area contributed by atoms with E-state index in [0.29, 0.717) is 16.5 Å². The number of urea groups is 1. The summed E-state index contributed by atoms with van der Waals surface area (Å²) in [7, 11) is -6.14. The molecule has 1 saturated heterocycles. The van der Waals surface area contributed by atoms with Crippen LogP contribution in [-0.4, -0.2) is 91.4 Å². The van der Waals surface area contributed by atoms with Gasteiger partial charge in [-0.25, -0.2) is 31.9 Å². The Morgan fingerprint density at radius 1 is 1.16 bits per heavy atom. The van der Waals surface area contributed by atoms with Crippen LogP contribution in [0.25, 0.3) is 0 Å². The lowest BCUT2D eigenvalue weighted by Gasteiger charge is -2.33. The highest BCUT2D eigenvalue weighted by Crippen LogP contribution is 2.37. The Labute approximate surface area is 243 Å². The average molecular weight is 622 g/mol. The van der Waals surface area contributed by atoms with Crippen molar-refractivity contribution in [3.8, 4) is 5.75 Å². The van der Waals surface area contributed by atoms with Crippen LogP contribution in [0.5, 0.6) is 5.75 Å². The van der Waals surface area contributed by atoms with Crippen LogP contribution in [0, 0.1) is 5.82 Å². The number of alkyl halides is 1. The standard InChI is InChI=1S/C25H25BF2N4O10S/c27-6-7-31-8-9-32(23(35)22(31)34)25(38)30-20(13-4-5-19(17(28)11-13)43(29,40)41)18(33)12-15-10-14-2-1-3-16(24(36)37)21(14)42-26(15)39/h1-5,11,15,20,39H,6-10,12H2,(H,30,38)(H,36,37)(H2,29,40,41)/t15-,20?/m1/s1. The first kappa shape index (κ1) is 31.5. The molecule has 0 radical (unpaired) electrons. The molecule has 1 fully saturated rings. The molecule has 1 unspecified atom stereocenters. The summed E-state index contributed by atoms with van der Waals surface area (Å²) in [5.74, 6) is -6.96. The number of carboxylic acids is 1. The van der Waals surface area contributed by atoms with Gasteiger partial charge in [0.2, 0.25) is 10.0 Å². The van der Waals surface area contributed by atoms with Crippen LogP contribution in [0.1, 0.15) is 33.9 Å². The number of carbonyl (C=O) groups excluding carboxylic acids is 4. The Bertz CT molecular complexity index is 1610. The van der Waals surface area contributed by atoms with Crippen molar-refractivity contribution >= 4 is 46.7 Å². The van der Waals surface area contributed by atoms with Crippen LogP contribution < -0.4 is 15.1 Å². The number of imide groups is 1. The van der Waals surface area contributed by atoms with Crippen molar-refractivity contribution in [2.45, 2.75) is 29.6 Å². The molecule has 0 aromatic heterocycles. The second kappa shape index (κ2) is 12.4. The molecule has 0 spiro atoms. The van der Waals surface area contributed by atoms with Crippen molar-refractivity contribution < 1.29 is 56.0 Å². The SMILES string of the molecule is NS(=O)(=O)c1ccc(C(NC(=O)N2CCN(CCF)C(=O)C2=O)C(=O)C[C@H]2Cc3cccc(C(=O)O)c3OB2O)cc1F. The first-order chi connectivity index (χ1) is 20.2. The Hall–Kier alpha value is -4.42. The number of nitrogens with one attached hydrogen (secondary N) is 1. The number of para-hydroxylation sites is 1. The highest BCUT2D eigenvalue weighted by atomic mass is 32.2. The van der Waals surface area contributed by atoms with Gasteiger partial charge in [0.25, 0.3) is 0 Å². The average Bonchev–Trinajstić information content (AvgIpc) is 2.93. The van der Waals surface area contributed by atoms with Gasteiger partial charge in [-0.1, -0.05) is 18.2 Å². The molecule has 18 heteroatoms. The number of benzene rings is 2. The highest BCUT2D eigenvalue weighted by Gasteiger charge is 2.41. The summed E-state index contributed by atoms with van der Waals surface area (Å²) in [4.78, 5) is 63.5. The lowest BCUT2D eigenvalue weighted by Crippen LogP contribution is -2.59. The minimum atomic E-state index is -4.49. The van der Waals surface area contributed by atoms with E-state index in [2.05, 4.69) is 5.32 Å². The van der Waals surface area contributed by atoms with E-state index < -0.39 is 82.4 Å². The largest absolute Gasteiger partial charge is 0.535 e. The van der Waals surface area contributed by atoms with Crippen LogP contribution in [-0.2, 0) is 30.8 Å². The van der Waals surface area contributed by atoms with Gasteiger partial charge in [-0.15, -0.1) is 0 Å². The zero-order chi connectivity index (χ0) is 31.6. The number of nitrogens with zero attached hydrogens (tertiary/aromatic N) is 2. The van der Waals surface area contributed by atoms with Gasteiger partial charge in [-0.3, -0.25) is 19.3 Å². The number of carboxylic acid groups (broad SMARTS) is 1. The van der Waals surface area contributed by atoms with Gasteiger partial charge in [0.15, 0.2) is 5.78 Å². The molecule has 14 nitrogen and oxygen atoms in total. The van der Waals surface area contributed by atoms with Crippen LogP contribution in [0.4, 0.5) is 13.6 Å². The van der Waals surface area contributed by atoms with E-state index in [1.807, 2.05) is 0 Å². The van der Waals surface area contributed by atoms with Crippen LogP contribution in [0.15, 0.2) is 41.3 Å². The van der Waals surface area contributed by atoms with Crippen molar-refractivity contribution in [1.29, 1.82) is 0 Å². The maximum absolute atomic E-state index is 14.7. The maximum atomic E-state index is 14.7. The van der Waals surface area contributed by atoms with E-state index in [4.69, 9.17) is 9.79 Å². The molecule has 228 valence electrons. The number of carbonyl (C=O) groups is 5. The van der Waals surface area contributed by atoms with Crippen molar-refractivity contribution in [1.82, 2.24) is 15.1 Å². The molecular formula is C25H25BF2N4O10S. The molecule has 43 heavy (non-hydrogen) atoms. The zero-order valence-corrected chi connectivity index (χ0v) is 23.1. The van der Waals surface area contributed by atoms with Gasteiger partial charge in [-0.2, -0.15) is 0 Å². The lowest BCUT2D eigenvalue weighted by molar-refractivity contribution is -0.153. The third-order valence-corrected chi connectivity index (χ3v) is 7.95. The minimum absolute atomic E-state index is 0.0216. The van der Waals surface area contributed by atoms with Crippen molar-refractivity contribution in [3.63, 3.8) is 0 Å². The first-order valence-corrected chi connectivity index (χ1v) is 14.3. The van der Waals surface area contributed by atoms with Gasteiger partial charge < -0.3 is 25.0 Å². The predicted molar refractivity (Wildman–Crippen MR) is 142 cm³/mol. The van der Waals surface area contributed by atoms with Crippen LogP contribution in [0.2, 0.25) is 5.82 Å². The molecule has 2 aliphatic rings. The second-order valence-corrected chi connectivity index (χ2v) is 11.3. The molecular weight excluding hydrogens is 597 g/mol. The number of fused-ring (bicyclic) bond motifs is 1. The third kappa shape index (κ3) is 6.65.